The molecule has 0 radical (unpaired) electrons. The van der Waals surface area contributed by atoms with Gasteiger partial charge in [0.25, 0.3) is 0 Å². The van der Waals surface area contributed by atoms with Crippen LogP contribution in [0.5, 0.6) is 23.0 Å². The third-order valence-electron chi connectivity index (χ3n) is 12.6. The number of methoxy groups -OCH3 is 2. The minimum Gasteiger partial charge on any atom is -0.505 e. The van der Waals surface area contributed by atoms with Crippen LogP contribution in [0, 0.1) is 27.7 Å². The van der Waals surface area contributed by atoms with Gasteiger partial charge in [0.05, 0.1) is 47.7 Å². The number of aryl methyl sites for hydroxylation is 2. The molecule has 10 aromatic carbocycles. The van der Waals surface area contributed by atoms with E-state index < -0.39 is 0 Å². The molecule has 2 N–H and O–H groups in total. The number of nitrogens with zero attached hydrogens (tertiary/aromatic N) is 2. The Morgan fingerprint density at radius 1 is 0.342 bits per heavy atom. The number of fused-ring (bicyclic) bond motifs is 6. The first-order chi connectivity index (χ1) is 35.2. The number of aromatic hydroxyl groups is 2. The molecule has 0 saturated carbocycles. The van der Waals surface area contributed by atoms with E-state index in [0.717, 1.165) is 89.4 Å². The summed E-state index contributed by atoms with van der Waals surface area (Å²) in [5.41, 5.74) is 13.4. The van der Waals surface area contributed by atoms with Gasteiger partial charge in [0, 0.05) is 69.6 Å². The van der Waals surface area contributed by atoms with E-state index in [2.05, 4.69) is 110 Å². The second-order valence-electron chi connectivity index (χ2n) is 17.5. The van der Waals surface area contributed by atoms with Gasteiger partial charge in [0.1, 0.15) is 23.0 Å². The zero-order valence-electron chi connectivity index (χ0n) is 41.5. The third kappa shape index (κ3) is 10.8. The topological polar surface area (TPSA) is 68.8 Å². The van der Waals surface area contributed by atoms with E-state index in [4.69, 9.17) is 9.47 Å². The molecule has 6 nitrogen and oxygen atoms in total. The van der Waals surface area contributed by atoms with Crippen molar-refractivity contribution in [1.29, 1.82) is 0 Å². The second kappa shape index (κ2) is 23.2. The monoisotopic (exact) mass is 1120 g/mol. The van der Waals surface area contributed by atoms with Crippen LogP contribution in [0.2, 0.25) is 0 Å². The van der Waals surface area contributed by atoms with Crippen molar-refractivity contribution in [2.45, 2.75) is 13.8 Å². The van der Waals surface area contributed by atoms with Crippen molar-refractivity contribution in [1.82, 2.24) is 9.13 Å². The maximum Gasteiger partial charge on any atom is 0.147 e. The zero-order valence-corrected chi connectivity index (χ0v) is 45.1. The average molecular weight is 1120 g/mol. The summed E-state index contributed by atoms with van der Waals surface area (Å²) in [6.45, 7) is 11.5. The normalized spacial score (nSPS) is 10.6. The number of rotatable bonds is 6. The van der Waals surface area contributed by atoms with E-state index in [1.54, 1.807) is 14.2 Å². The molecule has 0 aliphatic heterocycles. The summed E-state index contributed by atoms with van der Waals surface area (Å²) in [6.07, 6.45) is 0. The standard InChI is InChI=1S/2C26H21NO2.2C7H7.Hf/c2*1-17-15-21(20-11-5-8-14-25(20)29-2)26(28)24(16-17)27-22-12-6-3-9-18(22)19-10-4-7-13-23(19)27;2*1-7-5-3-2-4-6-7;/h2*3-16,28H,1-2H3;2*2-6H,1H2;/q;;2*-1;. The molecule has 2 aromatic heterocycles. The van der Waals surface area contributed by atoms with Crippen LogP contribution < -0.4 is 9.47 Å². The van der Waals surface area contributed by atoms with Gasteiger partial charge in [-0.25, -0.2) is 0 Å². The molecule has 0 aliphatic carbocycles. The van der Waals surface area contributed by atoms with Gasteiger partial charge < -0.3 is 28.8 Å². The van der Waals surface area contributed by atoms with Crippen LogP contribution in [0.15, 0.2) is 231 Å². The molecule has 12 rings (SSSR count). The molecular formula is C66H56HfN2O4-2. The van der Waals surface area contributed by atoms with Gasteiger partial charge in [-0.15, -0.1) is 24.3 Å². The Hall–Kier alpha value is -8.39. The van der Waals surface area contributed by atoms with E-state index >= 15 is 0 Å². The van der Waals surface area contributed by atoms with Crippen molar-refractivity contribution in [2.24, 2.45) is 0 Å². The Kier molecular flexibility index (Phi) is 16.2. The predicted molar refractivity (Wildman–Crippen MR) is 300 cm³/mol. The molecule has 0 bridgehead atoms. The second-order valence-corrected chi connectivity index (χ2v) is 17.5. The van der Waals surface area contributed by atoms with Gasteiger partial charge in [-0.05, 0) is 85.6 Å². The summed E-state index contributed by atoms with van der Waals surface area (Å²) in [4.78, 5) is 0. The number of aromatic nitrogens is 2. The van der Waals surface area contributed by atoms with Gasteiger partial charge >= 0.3 is 0 Å². The number of benzene rings is 10. The number of ether oxygens (including phenoxy) is 2. The largest absolute Gasteiger partial charge is 0.505 e. The quantitative estimate of drug-likeness (QED) is 0.129. The maximum atomic E-state index is 11.4. The molecule has 0 aliphatic rings. The molecule has 360 valence electrons. The Bertz CT molecular complexity index is 3450. The van der Waals surface area contributed by atoms with Crippen molar-refractivity contribution < 1.29 is 45.5 Å². The molecule has 12 aromatic rings. The molecule has 73 heavy (non-hydrogen) atoms. The van der Waals surface area contributed by atoms with Crippen LogP contribution in [0.4, 0.5) is 0 Å². The van der Waals surface area contributed by atoms with E-state index in [-0.39, 0.29) is 37.3 Å². The molecule has 0 fully saturated rings. The maximum absolute atomic E-state index is 11.4. The summed E-state index contributed by atoms with van der Waals surface area (Å²) in [5.74, 6) is 1.96. The fourth-order valence-corrected chi connectivity index (χ4v) is 9.33. The van der Waals surface area contributed by atoms with E-state index in [0.29, 0.717) is 0 Å². The number of phenols is 2. The first-order valence-electron chi connectivity index (χ1n) is 23.8. The molecule has 0 saturated heterocycles. The van der Waals surface area contributed by atoms with Crippen molar-refractivity contribution in [3.63, 3.8) is 0 Å². The van der Waals surface area contributed by atoms with E-state index in [9.17, 15) is 10.2 Å². The van der Waals surface area contributed by atoms with Gasteiger partial charge in [-0.3, -0.25) is 0 Å². The van der Waals surface area contributed by atoms with Gasteiger partial charge in [-0.2, -0.15) is 49.2 Å². The number of hydrogen-bond donors (Lipinski definition) is 2. The Labute approximate surface area is 446 Å². The summed E-state index contributed by atoms with van der Waals surface area (Å²) < 4.78 is 15.4. The predicted octanol–water partition coefficient (Wildman–Crippen LogP) is 16.7. The fourth-order valence-electron chi connectivity index (χ4n) is 9.33. The molecule has 0 unspecified atom stereocenters. The van der Waals surface area contributed by atoms with Gasteiger partial charge in [-0.1, -0.05) is 121 Å². The first-order valence-corrected chi connectivity index (χ1v) is 23.8. The molecular weight excluding hydrogens is 1060 g/mol. The van der Waals surface area contributed by atoms with Gasteiger partial charge in [0.15, 0.2) is 0 Å². The average Bonchev–Trinajstić information content (AvgIpc) is 3.94. The molecule has 2 heterocycles. The van der Waals surface area contributed by atoms with E-state index in [1.165, 1.54) is 21.5 Å². The van der Waals surface area contributed by atoms with Crippen molar-refractivity contribution in [3.05, 3.63) is 267 Å². The van der Waals surface area contributed by atoms with Gasteiger partial charge in [0.2, 0.25) is 0 Å². The minimum atomic E-state index is 0. The first kappa shape index (κ1) is 51.0. The number of phenolic OH excluding ortho intramolecular Hbond substituents is 2. The van der Waals surface area contributed by atoms with Crippen LogP contribution in [0.25, 0.3) is 77.2 Å². The molecule has 7 heteroatoms. The van der Waals surface area contributed by atoms with Crippen LogP contribution in [0.1, 0.15) is 22.3 Å². The number of para-hydroxylation sites is 6. The number of hydrogen-bond acceptors (Lipinski definition) is 4. The molecule has 0 amide bonds. The Morgan fingerprint density at radius 2 is 0.616 bits per heavy atom. The van der Waals surface area contributed by atoms with Crippen LogP contribution >= 0.6 is 0 Å². The Morgan fingerprint density at radius 3 is 0.904 bits per heavy atom. The SMILES string of the molecule is COc1ccccc1-c1cc(C)cc(-n2c3ccccc3c3ccccc32)c1O.COc1ccccc1-c1cc(C)cc(-n2c3ccccc3c3ccccc32)c1O.[CH2-]c1ccccc1.[CH2-]c1ccccc1.[Hf]. The smallest absolute Gasteiger partial charge is 0.147 e. The van der Waals surface area contributed by atoms with Crippen molar-refractivity contribution in [3.8, 4) is 56.6 Å². The molecule has 0 atom stereocenters. The summed E-state index contributed by atoms with van der Waals surface area (Å²) in [5, 5.41) is 27.5. The van der Waals surface area contributed by atoms with Crippen LogP contribution in [-0.4, -0.2) is 33.6 Å². The summed E-state index contributed by atoms with van der Waals surface area (Å²) in [6, 6.07) is 76.6. The van der Waals surface area contributed by atoms with Crippen molar-refractivity contribution >= 4 is 43.6 Å². The molecule has 0 spiro atoms. The van der Waals surface area contributed by atoms with E-state index in [1.807, 2.05) is 158 Å². The van der Waals surface area contributed by atoms with Crippen LogP contribution in [-0.2, 0) is 25.8 Å². The summed E-state index contributed by atoms with van der Waals surface area (Å²) >= 11 is 0. The Balaban J connectivity index is 0.000000152. The summed E-state index contributed by atoms with van der Waals surface area (Å²) in [7, 11) is 3.30. The zero-order chi connectivity index (χ0) is 50.1. The minimum absolute atomic E-state index is 0. The van der Waals surface area contributed by atoms with Crippen molar-refractivity contribution in [2.75, 3.05) is 14.2 Å². The van der Waals surface area contributed by atoms with Crippen LogP contribution in [0.3, 0.4) is 0 Å². The fraction of sp³-hybridized carbons (Fsp3) is 0.0606. The third-order valence-corrected chi connectivity index (χ3v) is 12.6.